The lowest BCUT2D eigenvalue weighted by molar-refractivity contribution is -0.113. The molecular formula is C6H7NO. The number of nitrogens with two attached hydrogens (primary N) is 1. The molecule has 1 aliphatic carbocycles. The molecule has 0 aromatic rings. The van der Waals surface area contributed by atoms with Gasteiger partial charge in [-0.2, -0.15) is 0 Å². The standard InChI is InChI=1S/C6H7NO/c7-4-5-1-2-6(8)3-5/h1-2,4H,3,7H2. The fraction of sp³-hybridized carbons (Fsp3) is 0.167. The summed E-state index contributed by atoms with van der Waals surface area (Å²) in [6.07, 6.45) is 5.22. The van der Waals surface area contributed by atoms with Gasteiger partial charge in [0, 0.05) is 6.42 Å². The third-order valence-electron chi connectivity index (χ3n) is 1.08. The quantitative estimate of drug-likeness (QED) is 0.488. The summed E-state index contributed by atoms with van der Waals surface area (Å²) in [5.74, 6) is 0.140. The van der Waals surface area contributed by atoms with Crippen LogP contribution in [0.1, 0.15) is 6.42 Å². The lowest BCUT2D eigenvalue weighted by atomic mass is 10.2. The highest BCUT2D eigenvalue weighted by molar-refractivity contribution is 5.95. The van der Waals surface area contributed by atoms with E-state index in [9.17, 15) is 4.79 Å². The first-order valence-corrected chi connectivity index (χ1v) is 2.44. The molecule has 0 aromatic carbocycles. The van der Waals surface area contributed by atoms with E-state index in [4.69, 9.17) is 5.73 Å². The molecule has 2 heteroatoms. The van der Waals surface area contributed by atoms with E-state index < -0.39 is 0 Å². The lowest BCUT2D eigenvalue weighted by Gasteiger charge is -1.83. The molecule has 42 valence electrons. The van der Waals surface area contributed by atoms with Crippen molar-refractivity contribution in [2.45, 2.75) is 6.42 Å². The van der Waals surface area contributed by atoms with Gasteiger partial charge in [0.25, 0.3) is 0 Å². The number of rotatable bonds is 0. The Balaban J connectivity index is 2.73. The fourth-order valence-corrected chi connectivity index (χ4v) is 0.634. The highest BCUT2D eigenvalue weighted by Crippen LogP contribution is 2.09. The number of hydrogen-bond donors (Lipinski definition) is 1. The fourth-order valence-electron chi connectivity index (χ4n) is 0.634. The van der Waals surface area contributed by atoms with Crippen molar-refractivity contribution in [1.29, 1.82) is 0 Å². The Morgan fingerprint density at radius 1 is 1.62 bits per heavy atom. The molecule has 0 amide bonds. The topological polar surface area (TPSA) is 43.1 Å². The molecule has 0 spiro atoms. The second-order valence-electron chi connectivity index (χ2n) is 1.72. The number of hydrogen-bond acceptors (Lipinski definition) is 2. The van der Waals surface area contributed by atoms with Crippen LogP contribution in [-0.4, -0.2) is 5.78 Å². The van der Waals surface area contributed by atoms with E-state index in [0.29, 0.717) is 6.42 Å². The van der Waals surface area contributed by atoms with E-state index in [1.807, 2.05) is 0 Å². The Morgan fingerprint density at radius 3 is 2.62 bits per heavy atom. The summed E-state index contributed by atoms with van der Waals surface area (Å²) < 4.78 is 0. The number of carbonyl (C=O) groups is 1. The van der Waals surface area contributed by atoms with Gasteiger partial charge in [0.05, 0.1) is 0 Å². The molecule has 0 atom stereocenters. The zero-order valence-corrected chi connectivity index (χ0v) is 4.42. The minimum absolute atomic E-state index is 0.140. The van der Waals surface area contributed by atoms with Gasteiger partial charge in [0.1, 0.15) is 0 Å². The lowest BCUT2D eigenvalue weighted by Crippen LogP contribution is -1.87. The van der Waals surface area contributed by atoms with Crippen LogP contribution in [0.2, 0.25) is 0 Å². The summed E-state index contributed by atoms with van der Waals surface area (Å²) in [6.45, 7) is 0. The van der Waals surface area contributed by atoms with Gasteiger partial charge in [-0.25, -0.2) is 0 Å². The van der Waals surface area contributed by atoms with Crippen molar-refractivity contribution in [2.75, 3.05) is 0 Å². The number of carbonyl (C=O) groups excluding carboxylic acids is 1. The van der Waals surface area contributed by atoms with Gasteiger partial charge in [-0.3, -0.25) is 4.79 Å². The second kappa shape index (κ2) is 1.82. The van der Waals surface area contributed by atoms with Crippen LogP contribution < -0.4 is 5.73 Å². The van der Waals surface area contributed by atoms with Crippen LogP contribution in [0.5, 0.6) is 0 Å². The Labute approximate surface area is 47.7 Å². The average molecular weight is 109 g/mol. The smallest absolute Gasteiger partial charge is 0.160 e. The molecular weight excluding hydrogens is 102 g/mol. The average Bonchev–Trinajstić information content (AvgIpc) is 2.14. The third kappa shape index (κ3) is 0.780. The molecule has 0 bridgehead atoms. The van der Waals surface area contributed by atoms with Crippen molar-refractivity contribution in [2.24, 2.45) is 5.73 Å². The SMILES string of the molecule is NC=C1C=CC(=O)C1. The van der Waals surface area contributed by atoms with E-state index in [1.54, 1.807) is 12.2 Å². The molecule has 2 N–H and O–H groups in total. The van der Waals surface area contributed by atoms with Gasteiger partial charge in [0.2, 0.25) is 0 Å². The maximum Gasteiger partial charge on any atom is 0.160 e. The Bertz CT molecular complexity index is 167. The number of ketones is 1. The predicted molar refractivity (Wildman–Crippen MR) is 31.0 cm³/mol. The second-order valence-corrected chi connectivity index (χ2v) is 1.72. The molecule has 8 heavy (non-hydrogen) atoms. The molecule has 0 aromatic heterocycles. The summed E-state index contributed by atoms with van der Waals surface area (Å²) in [4.78, 5) is 10.4. The minimum atomic E-state index is 0.140. The molecule has 2 nitrogen and oxygen atoms in total. The van der Waals surface area contributed by atoms with E-state index >= 15 is 0 Å². The van der Waals surface area contributed by atoms with Crippen molar-refractivity contribution in [3.63, 3.8) is 0 Å². The Morgan fingerprint density at radius 2 is 2.38 bits per heavy atom. The largest absolute Gasteiger partial charge is 0.404 e. The summed E-state index contributed by atoms with van der Waals surface area (Å²) in [5, 5.41) is 0. The van der Waals surface area contributed by atoms with Crippen molar-refractivity contribution in [3.8, 4) is 0 Å². The maximum absolute atomic E-state index is 10.4. The molecule has 0 aliphatic heterocycles. The molecule has 0 saturated carbocycles. The number of allylic oxidation sites excluding steroid dienone is 3. The Hall–Kier alpha value is -1.05. The normalized spacial score (nSPS) is 23.0. The first-order valence-electron chi connectivity index (χ1n) is 2.44. The van der Waals surface area contributed by atoms with Crippen molar-refractivity contribution in [1.82, 2.24) is 0 Å². The van der Waals surface area contributed by atoms with Gasteiger partial charge in [-0.15, -0.1) is 0 Å². The van der Waals surface area contributed by atoms with Crippen LogP contribution in [0.3, 0.4) is 0 Å². The molecule has 1 rings (SSSR count). The van der Waals surface area contributed by atoms with E-state index in [-0.39, 0.29) is 5.78 Å². The summed E-state index contributed by atoms with van der Waals surface area (Å²) in [7, 11) is 0. The molecule has 0 radical (unpaired) electrons. The van der Waals surface area contributed by atoms with E-state index in [1.165, 1.54) is 6.20 Å². The van der Waals surface area contributed by atoms with Crippen LogP contribution in [-0.2, 0) is 4.79 Å². The maximum atomic E-state index is 10.4. The van der Waals surface area contributed by atoms with Crippen LogP contribution in [0, 0.1) is 0 Å². The zero-order valence-electron chi connectivity index (χ0n) is 4.42. The molecule has 0 saturated heterocycles. The van der Waals surface area contributed by atoms with Crippen molar-refractivity contribution >= 4 is 5.78 Å². The monoisotopic (exact) mass is 109 g/mol. The van der Waals surface area contributed by atoms with E-state index in [0.717, 1.165) is 5.57 Å². The van der Waals surface area contributed by atoms with Gasteiger partial charge in [-0.1, -0.05) is 6.08 Å². The molecule has 0 unspecified atom stereocenters. The van der Waals surface area contributed by atoms with Gasteiger partial charge >= 0.3 is 0 Å². The molecule has 0 fully saturated rings. The third-order valence-corrected chi connectivity index (χ3v) is 1.08. The van der Waals surface area contributed by atoms with Gasteiger partial charge < -0.3 is 5.73 Å². The van der Waals surface area contributed by atoms with Gasteiger partial charge in [-0.05, 0) is 17.8 Å². The summed E-state index contributed by atoms with van der Waals surface area (Å²) in [6, 6.07) is 0. The first-order chi connectivity index (χ1) is 3.83. The molecule has 1 aliphatic rings. The van der Waals surface area contributed by atoms with Crippen LogP contribution in [0.4, 0.5) is 0 Å². The minimum Gasteiger partial charge on any atom is -0.404 e. The summed E-state index contributed by atoms with van der Waals surface area (Å²) >= 11 is 0. The summed E-state index contributed by atoms with van der Waals surface area (Å²) in [5.41, 5.74) is 6.04. The Kier molecular flexibility index (Phi) is 1.16. The van der Waals surface area contributed by atoms with Crippen LogP contribution in [0.25, 0.3) is 0 Å². The first kappa shape index (κ1) is 5.09. The zero-order chi connectivity index (χ0) is 5.98. The van der Waals surface area contributed by atoms with E-state index in [2.05, 4.69) is 0 Å². The van der Waals surface area contributed by atoms with Gasteiger partial charge in [0.15, 0.2) is 5.78 Å². The highest BCUT2D eigenvalue weighted by atomic mass is 16.1. The predicted octanol–water partition coefficient (Wildman–Crippen LogP) is 0.358. The highest BCUT2D eigenvalue weighted by Gasteiger charge is 2.05. The van der Waals surface area contributed by atoms with Crippen molar-refractivity contribution in [3.05, 3.63) is 23.9 Å². The van der Waals surface area contributed by atoms with Crippen LogP contribution >= 0.6 is 0 Å². The molecule has 0 heterocycles. The van der Waals surface area contributed by atoms with Crippen molar-refractivity contribution < 1.29 is 4.79 Å². The van der Waals surface area contributed by atoms with Crippen LogP contribution in [0.15, 0.2) is 23.9 Å².